The van der Waals surface area contributed by atoms with Gasteiger partial charge in [0.25, 0.3) is 0 Å². The molecule has 1 saturated carbocycles. The van der Waals surface area contributed by atoms with Gasteiger partial charge in [-0.15, -0.1) is 0 Å². The average Bonchev–Trinajstić information content (AvgIpc) is 2.85. The molecule has 2 N–H and O–H groups in total. The van der Waals surface area contributed by atoms with Crippen LogP contribution in [0.2, 0.25) is 0 Å². The molecular formula is C14H28N2. The lowest BCUT2D eigenvalue weighted by Gasteiger charge is -2.15. The van der Waals surface area contributed by atoms with Crippen LogP contribution in [0.25, 0.3) is 0 Å². The summed E-state index contributed by atoms with van der Waals surface area (Å²) >= 11 is 0. The van der Waals surface area contributed by atoms with Crippen molar-refractivity contribution >= 4 is 0 Å². The summed E-state index contributed by atoms with van der Waals surface area (Å²) in [7, 11) is 0. The minimum atomic E-state index is 0.726. The first-order valence-electron chi connectivity index (χ1n) is 7.26. The lowest BCUT2D eigenvalue weighted by molar-refractivity contribution is 0.409. The normalized spacial score (nSPS) is 27.2. The van der Waals surface area contributed by atoms with Gasteiger partial charge < -0.3 is 10.6 Å². The van der Waals surface area contributed by atoms with Crippen molar-refractivity contribution in [2.75, 3.05) is 26.2 Å². The largest absolute Gasteiger partial charge is 0.316 e. The zero-order chi connectivity index (χ0) is 11.3. The summed E-state index contributed by atoms with van der Waals surface area (Å²) in [5.74, 6) is 0.965. The highest BCUT2D eigenvalue weighted by Crippen LogP contribution is 2.48. The molecule has 94 valence electrons. The first-order chi connectivity index (χ1) is 7.85. The number of hydrogen-bond donors (Lipinski definition) is 2. The van der Waals surface area contributed by atoms with Gasteiger partial charge in [0.05, 0.1) is 0 Å². The zero-order valence-corrected chi connectivity index (χ0v) is 10.9. The molecule has 0 aromatic rings. The molecule has 1 aliphatic carbocycles. The average molecular weight is 224 g/mol. The molecular weight excluding hydrogens is 196 g/mol. The molecule has 0 amide bonds. The van der Waals surface area contributed by atoms with Crippen molar-refractivity contribution in [3.8, 4) is 0 Å². The summed E-state index contributed by atoms with van der Waals surface area (Å²) < 4.78 is 0. The summed E-state index contributed by atoms with van der Waals surface area (Å²) in [4.78, 5) is 0. The summed E-state index contributed by atoms with van der Waals surface area (Å²) in [5.41, 5.74) is 0.726. The third-order valence-corrected chi connectivity index (χ3v) is 4.37. The van der Waals surface area contributed by atoms with Gasteiger partial charge in [-0.05, 0) is 69.5 Å². The fourth-order valence-corrected chi connectivity index (χ4v) is 3.05. The first-order valence-corrected chi connectivity index (χ1v) is 7.26. The van der Waals surface area contributed by atoms with Crippen molar-refractivity contribution in [2.24, 2.45) is 11.3 Å². The van der Waals surface area contributed by atoms with Crippen LogP contribution in [0.1, 0.15) is 51.9 Å². The maximum absolute atomic E-state index is 3.68. The minimum Gasteiger partial charge on any atom is -0.316 e. The van der Waals surface area contributed by atoms with E-state index in [1.807, 2.05) is 0 Å². The molecule has 0 bridgehead atoms. The van der Waals surface area contributed by atoms with E-state index in [0.29, 0.717) is 0 Å². The molecule has 1 aliphatic heterocycles. The zero-order valence-electron chi connectivity index (χ0n) is 10.9. The molecule has 0 spiro atoms. The molecule has 1 heterocycles. The third kappa shape index (κ3) is 3.74. The Kier molecular flexibility index (Phi) is 4.66. The van der Waals surface area contributed by atoms with Crippen molar-refractivity contribution in [1.82, 2.24) is 10.6 Å². The summed E-state index contributed by atoms with van der Waals surface area (Å²) in [6.45, 7) is 7.34. The van der Waals surface area contributed by atoms with Crippen LogP contribution in [0.5, 0.6) is 0 Å². The Morgan fingerprint density at radius 1 is 1.38 bits per heavy atom. The Balaban J connectivity index is 1.45. The van der Waals surface area contributed by atoms with Crippen molar-refractivity contribution < 1.29 is 0 Å². The summed E-state index contributed by atoms with van der Waals surface area (Å²) in [6.07, 6.45) is 9.93. The maximum atomic E-state index is 3.68. The third-order valence-electron chi connectivity index (χ3n) is 4.37. The van der Waals surface area contributed by atoms with Crippen molar-refractivity contribution in [3.63, 3.8) is 0 Å². The van der Waals surface area contributed by atoms with Crippen molar-refractivity contribution in [2.45, 2.75) is 51.9 Å². The van der Waals surface area contributed by atoms with E-state index < -0.39 is 0 Å². The van der Waals surface area contributed by atoms with Crippen LogP contribution in [0.3, 0.4) is 0 Å². The van der Waals surface area contributed by atoms with Crippen molar-refractivity contribution in [1.29, 1.82) is 0 Å². The Labute approximate surface area is 101 Å². The molecule has 2 rings (SSSR count). The van der Waals surface area contributed by atoms with E-state index in [4.69, 9.17) is 0 Å². The Morgan fingerprint density at radius 3 is 2.88 bits per heavy atom. The van der Waals surface area contributed by atoms with Gasteiger partial charge >= 0.3 is 0 Å². The predicted molar refractivity (Wildman–Crippen MR) is 69.7 cm³/mol. The van der Waals surface area contributed by atoms with Crippen LogP contribution in [0.15, 0.2) is 0 Å². The lowest BCUT2D eigenvalue weighted by atomic mass is 10.0. The molecule has 1 atom stereocenters. The highest BCUT2D eigenvalue weighted by Gasteiger charge is 2.40. The van der Waals surface area contributed by atoms with Gasteiger partial charge in [0.1, 0.15) is 0 Å². The first kappa shape index (κ1) is 12.4. The van der Waals surface area contributed by atoms with Gasteiger partial charge in [0.2, 0.25) is 0 Å². The Morgan fingerprint density at radius 2 is 2.25 bits per heavy atom. The summed E-state index contributed by atoms with van der Waals surface area (Å²) in [5, 5.41) is 7.12. The molecule has 2 heteroatoms. The molecule has 1 unspecified atom stereocenters. The van der Waals surface area contributed by atoms with E-state index in [9.17, 15) is 0 Å². The highest BCUT2D eigenvalue weighted by molar-refractivity contribution is 4.94. The molecule has 1 saturated heterocycles. The second kappa shape index (κ2) is 6.02. The number of hydrogen-bond acceptors (Lipinski definition) is 2. The van der Waals surface area contributed by atoms with Crippen LogP contribution in [-0.2, 0) is 0 Å². The topological polar surface area (TPSA) is 24.1 Å². The lowest BCUT2D eigenvalue weighted by Crippen LogP contribution is -2.25. The Bertz CT molecular complexity index is 193. The minimum absolute atomic E-state index is 0.726. The number of rotatable bonds is 8. The molecule has 0 aromatic heterocycles. The van der Waals surface area contributed by atoms with E-state index in [2.05, 4.69) is 17.6 Å². The van der Waals surface area contributed by atoms with E-state index in [1.165, 1.54) is 71.1 Å². The highest BCUT2D eigenvalue weighted by atomic mass is 14.9. The SMILES string of the molecule is CCCC1(CNCCCC2CCNC2)CC1. The maximum Gasteiger partial charge on any atom is 0.000781 e. The molecule has 2 fully saturated rings. The van der Waals surface area contributed by atoms with Crippen LogP contribution >= 0.6 is 0 Å². The van der Waals surface area contributed by atoms with Crippen molar-refractivity contribution in [3.05, 3.63) is 0 Å². The molecule has 16 heavy (non-hydrogen) atoms. The second-order valence-electron chi connectivity index (χ2n) is 5.93. The van der Waals surface area contributed by atoms with Crippen LogP contribution < -0.4 is 10.6 Å². The van der Waals surface area contributed by atoms with Gasteiger partial charge in [-0.25, -0.2) is 0 Å². The van der Waals surface area contributed by atoms with E-state index in [0.717, 1.165) is 11.3 Å². The van der Waals surface area contributed by atoms with E-state index in [-0.39, 0.29) is 0 Å². The van der Waals surface area contributed by atoms with E-state index in [1.54, 1.807) is 0 Å². The second-order valence-corrected chi connectivity index (χ2v) is 5.93. The monoisotopic (exact) mass is 224 g/mol. The van der Waals surface area contributed by atoms with Gasteiger partial charge in [-0.2, -0.15) is 0 Å². The Hall–Kier alpha value is -0.0800. The van der Waals surface area contributed by atoms with Crippen LogP contribution in [0.4, 0.5) is 0 Å². The van der Waals surface area contributed by atoms with Gasteiger partial charge in [-0.3, -0.25) is 0 Å². The quantitative estimate of drug-likeness (QED) is 0.619. The summed E-state index contributed by atoms with van der Waals surface area (Å²) in [6, 6.07) is 0. The fourth-order valence-electron chi connectivity index (χ4n) is 3.05. The van der Waals surface area contributed by atoms with Crippen LogP contribution in [-0.4, -0.2) is 26.2 Å². The van der Waals surface area contributed by atoms with E-state index >= 15 is 0 Å². The smallest absolute Gasteiger partial charge is 0.000781 e. The standard InChI is InChI=1S/C14H28N2/c1-2-6-14(7-8-14)12-16-9-3-4-13-5-10-15-11-13/h13,15-16H,2-12H2,1H3. The van der Waals surface area contributed by atoms with Gasteiger partial charge in [-0.1, -0.05) is 13.3 Å². The number of nitrogens with one attached hydrogen (secondary N) is 2. The fraction of sp³-hybridized carbons (Fsp3) is 1.00. The molecule has 0 radical (unpaired) electrons. The molecule has 0 aromatic carbocycles. The molecule has 2 aliphatic rings. The van der Waals surface area contributed by atoms with Gasteiger partial charge in [0.15, 0.2) is 0 Å². The van der Waals surface area contributed by atoms with Gasteiger partial charge in [0, 0.05) is 6.54 Å². The molecule has 2 nitrogen and oxygen atoms in total. The van der Waals surface area contributed by atoms with Crippen LogP contribution in [0, 0.1) is 11.3 Å². The predicted octanol–water partition coefficient (Wildman–Crippen LogP) is 2.55.